The Balaban J connectivity index is 1.26. The van der Waals surface area contributed by atoms with Crippen LogP contribution in [0.25, 0.3) is 10.8 Å². The average Bonchev–Trinajstić information content (AvgIpc) is 3.08. The first-order chi connectivity index (χ1) is 15.1. The molecule has 5 nitrogen and oxygen atoms in total. The molecule has 2 heterocycles. The lowest BCUT2D eigenvalue weighted by atomic mass is 9.95. The van der Waals surface area contributed by atoms with Crippen molar-refractivity contribution < 1.29 is 9.59 Å². The van der Waals surface area contributed by atoms with Gasteiger partial charge in [0.15, 0.2) is 0 Å². The summed E-state index contributed by atoms with van der Waals surface area (Å²) in [5.74, 6) is 0.528. The van der Waals surface area contributed by atoms with Crippen molar-refractivity contribution in [1.29, 1.82) is 0 Å². The quantitative estimate of drug-likeness (QED) is 0.790. The standard InChI is InChI=1S/C26H35N3O2/c1-20(23-12-8-10-21-9-4-5-11-24(21)23)27-25(30)19-28-17-13-22(14-18-28)26(31)29-15-6-2-3-7-16-29/h4-5,8-12,20,22H,2-3,6-7,13-19H2,1H3,(H,27,30). The van der Waals surface area contributed by atoms with Gasteiger partial charge in [0.2, 0.25) is 11.8 Å². The molecule has 0 spiro atoms. The van der Waals surface area contributed by atoms with E-state index < -0.39 is 0 Å². The molecule has 0 aliphatic carbocycles. The molecule has 5 heteroatoms. The summed E-state index contributed by atoms with van der Waals surface area (Å²) in [7, 11) is 0. The van der Waals surface area contributed by atoms with Crippen LogP contribution in [0, 0.1) is 5.92 Å². The van der Waals surface area contributed by atoms with E-state index in [1.165, 1.54) is 23.6 Å². The summed E-state index contributed by atoms with van der Waals surface area (Å²) in [4.78, 5) is 29.9. The molecular weight excluding hydrogens is 386 g/mol. The number of likely N-dealkylation sites (tertiary alicyclic amines) is 2. The van der Waals surface area contributed by atoms with E-state index in [1.807, 2.05) is 25.1 Å². The maximum Gasteiger partial charge on any atom is 0.234 e. The third-order valence-electron chi connectivity index (χ3n) is 6.89. The van der Waals surface area contributed by atoms with Gasteiger partial charge in [0.05, 0.1) is 12.6 Å². The number of amides is 2. The maximum atomic E-state index is 12.9. The van der Waals surface area contributed by atoms with Crippen molar-refractivity contribution in [3.63, 3.8) is 0 Å². The zero-order valence-corrected chi connectivity index (χ0v) is 18.7. The van der Waals surface area contributed by atoms with Gasteiger partial charge in [-0.25, -0.2) is 0 Å². The molecule has 31 heavy (non-hydrogen) atoms. The van der Waals surface area contributed by atoms with Gasteiger partial charge in [-0.15, -0.1) is 0 Å². The number of piperidine rings is 1. The van der Waals surface area contributed by atoms with Crippen LogP contribution in [0.4, 0.5) is 0 Å². The summed E-state index contributed by atoms with van der Waals surface area (Å²) in [6, 6.07) is 14.5. The molecule has 2 fully saturated rings. The van der Waals surface area contributed by atoms with E-state index in [4.69, 9.17) is 0 Å². The Morgan fingerprint density at radius 3 is 2.35 bits per heavy atom. The van der Waals surface area contributed by atoms with Gasteiger partial charge in [-0.2, -0.15) is 0 Å². The molecule has 2 aromatic rings. The van der Waals surface area contributed by atoms with Crippen LogP contribution >= 0.6 is 0 Å². The fourth-order valence-corrected chi connectivity index (χ4v) is 5.08. The molecule has 2 aliphatic rings. The predicted octanol–water partition coefficient (Wildman–Crippen LogP) is 4.13. The lowest BCUT2D eigenvalue weighted by Gasteiger charge is -2.33. The number of carbonyl (C=O) groups is 2. The Kier molecular flexibility index (Phi) is 7.23. The number of nitrogens with one attached hydrogen (secondary N) is 1. The first kappa shape index (κ1) is 21.8. The lowest BCUT2D eigenvalue weighted by molar-refractivity contribution is -0.137. The highest BCUT2D eigenvalue weighted by molar-refractivity contribution is 5.87. The zero-order chi connectivity index (χ0) is 21.6. The second kappa shape index (κ2) is 10.3. The molecule has 0 radical (unpaired) electrons. The Labute approximate surface area is 185 Å². The van der Waals surface area contributed by atoms with Gasteiger partial charge >= 0.3 is 0 Å². The molecule has 4 rings (SSSR count). The first-order valence-corrected chi connectivity index (χ1v) is 11.9. The smallest absolute Gasteiger partial charge is 0.234 e. The summed E-state index contributed by atoms with van der Waals surface area (Å²) < 4.78 is 0. The zero-order valence-electron chi connectivity index (χ0n) is 18.7. The summed E-state index contributed by atoms with van der Waals surface area (Å²) in [5, 5.41) is 5.55. The number of fused-ring (bicyclic) bond motifs is 1. The lowest BCUT2D eigenvalue weighted by Crippen LogP contribution is -2.46. The molecule has 1 atom stereocenters. The first-order valence-electron chi connectivity index (χ1n) is 11.9. The van der Waals surface area contributed by atoms with Crippen molar-refractivity contribution in [1.82, 2.24) is 15.1 Å². The van der Waals surface area contributed by atoms with E-state index in [9.17, 15) is 9.59 Å². The highest BCUT2D eigenvalue weighted by Crippen LogP contribution is 2.25. The SMILES string of the molecule is CC(NC(=O)CN1CCC(C(=O)N2CCCCCC2)CC1)c1cccc2ccccc12. The van der Waals surface area contributed by atoms with E-state index in [2.05, 4.69) is 39.4 Å². The molecule has 0 aromatic heterocycles. The Morgan fingerprint density at radius 1 is 0.935 bits per heavy atom. The van der Waals surface area contributed by atoms with Crippen molar-refractivity contribution in [2.75, 3.05) is 32.7 Å². The van der Waals surface area contributed by atoms with E-state index in [0.717, 1.165) is 57.4 Å². The van der Waals surface area contributed by atoms with Gasteiger partial charge in [-0.1, -0.05) is 55.3 Å². The van der Waals surface area contributed by atoms with Gasteiger partial charge in [-0.3, -0.25) is 14.5 Å². The predicted molar refractivity (Wildman–Crippen MR) is 125 cm³/mol. The molecule has 1 N–H and O–H groups in total. The third-order valence-corrected chi connectivity index (χ3v) is 6.89. The fraction of sp³-hybridized carbons (Fsp3) is 0.538. The normalized spacial score (nSPS) is 19.7. The molecular formula is C26H35N3O2. The van der Waals surface area contributed by atoms with Crippen molar-refractivity contribution in [2.24, 2.45) is 5.92 Å². The molecule has 2 saturated heterocycles. The van der Waals surface area contributed by atoms with Crippen LogP contribution in [-0.2, 0) is 9.59 Å². The molecule has 2 amide bonds. The molecule has 0 saturated carbocycles. The van der Waals surface area contributed by atoms with E-state index in [0.29, 0.717) is 12.5 Å². The summed E-state index contributed by atoms with van der Waals surface area (Å²) in [5.41, 5.74) is 1.15. The fourth-order valence-electron chi connectivity index (χ4n) is 5.08. The van der Waals surface area contributed by atoms with Crippen molar-refractivity contribution in [2.45, 2.75) is 51.5 Å². The molecule has 1 unspecified atom stereocenters. The number of nitrogens with zero attached hydrogens (tertiary/aromatic N) is 2. The second-order valence-electron chi connectivity index (χ2n) is 9.15. The number of hydrogen-bond donors (Lipinski definition) is 1. The van der Waals surface area contributed by atoms with Crippen molar-refractivity contribution >= 4 is 22.6 Å². The van der Waals surface area contributed by atoms with Crippen LogP contribution in [0.1, 0.15) is 57.1 Å². The van der Waals surface area contributed by atoms with Gasteiger partial charge in [0, 0.05) is 19.0 Å². The van der Waals surface area contributed by atoms with Crippen molar-refractivity contribution in [3.05, 3.63) is 48.0 Å². The van der Waals surface area contributed by atoms with E-state index in [1.54, 1.807) is 0 Å². The minimum atomic E-state index is -0.0410. The monoisotopic (exact) mass is 421 g/mol. The average molecular weight is 422 g/mol. The van der Waals surface area contributed by atoms with Gasteiger partial charge in [0.25, 0.3) is 0 Å². The number of rotatable bonds is 5. The summed E-state index contributed by atoms with van der Waals surface area (Å²) >= 11 is 0. The molecule has 2 aromatic carbocycles. The Morgan fingerprint density at radius 2 is 1.61 bits per heavy atom. The van der Waals surface area contributed by atoms with Gasteiger partial charge in [0.1, 0.15) is 0 Å². The Bertz CT molecular complexity index is 891. The topological polar surface area (TPSA) is 52.7 Å². The van der Waals surface area contributed by atoms with Crippen LogP contribution in [0.15, 0.2) is 42.5 Å². The molecule has 166 valence electrons. The van der Waals surface area contributed by atoms with Crippen LogP contribution in [0.5, 0.6) is 0 Å². The summed E-state index contributed by atoms with van der Waals surface area (Å²) in [6.45, 7) is 5.94. The number of benzene rings is 2. The summed E-state index contributed by atoms with van der Waals surface area (Å²) in [6.07, 6.45) is 6.49. The van der Waals surface area contributed by atoms with Crippen LogP contribution in [-0.4, -0.2) is 54.3 Å². The van der Waals surface area contributed by atoms with Crippen LogP contribution in [0.2, 0.25) is 0 Å². The minimum Gasteiger partial charge on any atom is -0.348 e. The van der Waals surface area contributed by atoms with Crippen LogP contribution in [0.3, 0.4) is 0 Å². The number of carbonyl (C=O) groups excluding carboxylic acids is 2. The second-order valence-corrected chi connectivity index (χ2v) is 9.15. The molecule has 2 aliphatic heterocycles. The Hall–Kier alpha value is -2.40. The van der Waals surface area contributed by atoms with Crippen LogP contribution < -0.4 is 5.32 Å². The highest BCUT2D eigenvalue weighted by Gasteiger charge is 2.29. The largest absolute Gasteiger partial charge is 0.348 e. The number of hydrogen-bond acceptors (Lipinski definition) is 3. The van der Waals surface area contributed by atoms with E-state index in [-0.39, 0.29) is 17.9 Å². The van der Waals surface area contributed by atoms with E-state index >= 15 is 0 Å². The van der Waals surface area contributed by atoms with Gasteiger partial charge < -0.3 is 10.2 Å². The maximum absolute atomic E-state index is 12.9. The minimum absolute atomic E-state index is 0.0410. The van der Waals surface area contributed by atoms with Gasteiger partial charge in [-0.05, 0) is 62.0 Å². The van der Waals surface area contributed by atoms with Crippen molar-refractivity contribution in [3.8, 4) is 0 Å². The third kappa shape index (κ3) is 5.45. The highest BCUT2D eigenvalue weighted by atomic mass is 16.2. The molecule has 0 bridgehead atoms.